The molecule has 11 atom stereocenters. The van der Waals surface area contributed by atoms with E-state index < -0.39 is 86.7 Å². The summed E-state index contributed by atoms with van der Waals surface area (Å²) in [6.45, 7) is 0.319. The van der Waals surface area contributed by atoms with Gasteiger partial charge in [0.15, 0.2) is 12.5 Å². The molecule has 0 aromatic carbocycles. The Balaban J connectivity index is 2.22. The molecule has 200 valence electrons. The molecule has 2 saturated heterocycles. The zero-order valence-corrected chi connectivity index (χ0v) is 19.6. The molecule has 8 N–H and O–H groups in total. The highest BCUT2D eigenvalue weighted by Crippen LogP contribution is 2.30. The van der Waals surface area contributed by atoms with Gasteiger partial charge in [-0.05, 0) is 6.92 Å². The summed E-state index contributed by atoms with van der Waals surface area (Å²) >= 11 is 5.62. The number of amides is 2. The van der Waals surface area contributed by atoms with Crippen molar-refractivity contribution in [3.8, 4) is 0 Å². The zero-order valence-electron chi connectivity index (χ0n) is 18.9. The fourth-order valence-electron chi connectivity index (χ4n) is 3.74. The fourth-order valence-corrected chi connectivity index (χ4v) is 3.83. The highest BCUT2D eigenvalue weighted by molar-refractivity contribution is 6.18. The van der Waals surface area contributed by atoms with Crippen LogP contribution in [-0.4, -0.2) is 153 Å². The molecular weight excluding hydrogens is 484 g/mol. The number of halogens is 1. The maximum atomic E-state index is 12.7. The second-order valence-corrected chi connectivity index (χ2v) is 8.52. The summed E-state index contributed by atoms with van der Waals surface area (Å²) in [5.41, 5.74) is 0. The SMILES string of the molecule is COC(C)CN(C(=O)NCCCl)C1O[C@H](CO)[C@@H](O[C@H]2O[C@H](CO)[C@@H](O)[C@H](O)[C@H]2O)[C@H](O)[C@H]1O. The number of methoxy groups -OCH3 is 1. The number of hydrogen-bond donors (Lipinski definition) is 8. The Morgan fingerprint density at radius 3 is 2.21 bits per heavy atom. The van der Waals surface area contributed by atoms with Crippen LogP contribution in [0.25, 0.3) is 0 Å². The van der Waals surface area contributed by atoms with E-state index in [1.807, 2.05) is 0 Å². The maximum Gasteiger partial charge on any atom is 0.319 e. The number of nitrogens with one attached hydrogen (secondary N) is 1. The minimum absolute atomic E-state index is 0.0462. The minimum Gasteiger partial charge on any atom is -0.394 e. The molecule has 0 spiro atoms. The summed E-state index contributed by atoms with van der Waals surface area (Å²) in [6, 6.07) is -0.661. The molecule has 0 aliphatic carbocycles. The lowest BCUT2D eigenvalue weighted by Gasteiger charge is -2.48. The van der Waals surface area contributed by atoms with Crippen LogP contribution in [0.15, 0.2) is 0 Å². The van der Waals surface area contributed by atoms with Crippen molar-refractivity contribution >= 4 is 17.6 Å². The summed E-state index contributed by atoms with van der Waals surface area (Å²) in [5.74, 6) is 0.129. The molecule has 0 saturated carbocycles. The fraction of sp³-hybridized carbons (Fsp3) is 0.947. The van der Waals surface area contributed by atoms with Crippen LogP contribution in [0.1, 0.15) is 6.92 Å². The van der Waals surface area contributed by atoms with E-state index in [1.54, 1.807) is 6.92 Å². The van der Waals surface area contributed by atoms with Gasteiger partial charge in [0.2, 0.25) is 0 Å². The number of urea groups is 1. The van der Waals surface area contributed by atoms with Gasteiger partial charge in [-0.3, -0.25) is 4.90 Å². The van der Waals surface area contributed by atoms with Crippen molar-refractivity contribution in [2.45, 2.75) is 74.4 Å². The largest absolute Gasteiger partial charge is 0.394 e. The first-order valence-electron chi connectivity index (χ1n) is 10.8. The van der Waals surface area contributed by atoms with Crippen molar-refractivity contribution in [2.75, 3.05) is 39.3 Å². The van der Waals surface area contributed by atoms with Crippen LogP contribution in [0.5, 0.6) is 0 Å². The molecule has 15 heteroatoms. The summed E-state index contributed by atoms with van der Waals surface area (Å²) < 4.78 is 21.7. The lowest BCUT2D eigenvalue weighted by Crippen LogP contribution is -2.68. The van der Waals surface area contributed by atoms with Crippen LogP contribution < -0.4 is 5.32 Å². The predicted octanol–water partition coefficient (Wildman–Crippen LogP) is -4.10. The maximum absolute atomic E-state index is 12.7. The Hall–Kier alpha value is -0.880. The molecule has 34 heavy (non-hydrogen) atoms. The number of nitrogens with zero attached hydrogens (tertiary/aromatic N) is 1. The molecule has 2 amide bonds. The van der Waals surface area contributed by atoms with Crippen LogP contribution in [0, 0.1) is 0 Å². The molecule has 2 rings (SSSR count). The number of hydrogen-bond acceptors (Lipinski definition) is 12. The highest BCUT2D eigenvalue weighted by Gasteiger charge is 2.52. The molecule has 0 aromatic rings. The van der Waals surface area contributed by atoms with Crippen molar-refractivity contribution in [1.29, 1.82) is 0 Å². The average Bonchev–Trinajstić information content (AvgIpc) is 2.84. The molecule has 14 nitrogen and oxygen atoms in total. The van der Waals surface area contributed by atoms with Crippen LogP contribution in [0.4, 0.5) is 4.79 Å². The quantitative estimate of drug-likeness (QED) is 0.130. The van der Waals surface area contributed by atoms with E-state index >= 15 is 0 Å². The number of carbonyl (C=O) groups excluding carboxylic acids is 1. The van der Waals surface area contributed by atoms with Gasteiger partial charge in [0.25, 0.3) is 0 Å². The van der Waals surface area contributed by atoms with Gasteiger partial charge in [-0.25, -0.2) is 4.79 Å². The van der Waals surface area contributed by atoms with Crippen molar-refractivity contribution in [3.63, 3.8) is 0 Å². The molecule has 0 radical (unpaired) electrons. The van der Waals surface area contributed by atoms with Crippen LogP contribution in [0.2, 0.25) is 0 Å². The van der Waals surface area contributed by atoms with E-state index in [9.17, 15) is 40.5 Å². The van der Waals surface area contributed by atoms with Gasteiger partial charge in [0.1, 0.15) is 48.8 Å². The average molecular weight is 519 g/mol. The molecule has 2 unspecified atom stereocenters. The van der Waals surface area contributed by atoms with E-state index in [0.29, 0.717) is 0 Å². The van der Waals surface area contributed by atoms with Gasteiger partial charge < -0.3 is 60.0 Å². The first kappa shape index (κ1) is 29.4. The third kappa shape index (κ3) is 6.66. The Morgan fingerprint density at radius 2 is 1.65 bits per heavy atom. The van der Waals surface area contributed by atoms with Crippen molar-refractivity contribution in [1.82, 2.24) is 10.2 Å². The van der Waals surface area contributed by atoms with E-state index in [1.165, 1.54) is 7.11 Å². The summed E-state index contributed by atoms with van der Waals surface area (Å²) in [6.07, 6.45) is -16.2. The van der Waals surface area contributed by atoms with E-state index in [4.69, 9.17) is 30.5 Å². The van der Waals surface area contributed by atoms with Gasteiger partial charge in [0.05, 0.1) is 25.9 Å². The molecule has 2 aliphatic heterocycles. The Bertz CT molecular complexity index is 632. The lowest BCUT2D eigenvalue weighted by molar-refractivity contribution is -0.347. The van der Waals surface area contributed by atoms with Gasteiger partial charge in [-0.2, -0.15) is 0 Å². The number of aliphatic hydroxyl groups excluding tert-OH is 7. The molecule has 0 aromatic heterocycles. The Kier molecular flexibility index (Phi) is 11.6. The summed E-state index contributed by atoms with van der Waals surface area (Å²) in [7, 11) is 1.42. The summed E-state index contributed by atoms with van der Waals surface area (Å²) in [5, 5.41) is 73.4. The van der Waals surface area contributed by atoms with E-state index in [-0.39, 0.29) is 19.0 Å². The third-order valence-electron chi connectivity index (χ3n) is 5.77. The number of alkyl halides is 1. The molecule has 2 heterocycles. The second-order valence-electron chi connectivity index (χ2n) is 8.15. The van der Waals surface area contributed by atoms with E-state index in [2.05, 4.69) is 5.32 Å². The van der Waals surface area contributed by atoms with Crippen molar-refractivity contribution in [3.05, 3.63) is 0 Å². The van der Waals surface area contributed by atoms with E-state index in [0.717, 1.165) is 4.90 Å². The monoisotopic (exact) mass is 518 g/mol. The highest BCUT2D eigenvalue weighted by atomic mass is 35.5. The van der Waals surface area contributed by atoms with Gasteiger partial charge >= 0.3 is 6.03 Å². The summed E-state index contributed by atoms with van der Waals surface area (Å²) in [4.78, 5) is 13.8. The standard InChI is InChI=1S/C19H35ClN2O12/c1-8(31-2)5-22(19(30)21-4-3-20)17-14(28)13(27)16(10(7-24)32-17)34-18-15(29)12(26)11(25)9(6-23)33-18/h8-18,23-29H,3-7H2,1-2H3,(H,21,30)/t8?,9-,10-,11-,12+,13-,14-,15-,16-,17?,18-/m1/s1. The second kappa shape index (κ2) is 13.4. The minimum atomic E-state index is -1.78. The number of aliphatic hydroxyl groups is 7. The van der Waals surface area contributed by atoms with Crippen molar-refractivity contribution < 1.29 is 59.5 Å². The zero-order chi connectivity index (χ0) is 25.6. The predicted molar refractivity (Wildman–Crippen MR) is 114 cm³/mol. The van der Waals surface area contributed by atoms with Gasteiger partial charge in [-0.1, -0.05) is 0 Å². The molecule has 2 fully saturated rings. The molecule has 2 aliphatic rings. The molecule has 0 bridgehead atoms. The topological polar surface area (TPSA) is 211 Å². The van der Waals surface area contributed by atoms with Gasteiger partial charge in [-0.15, -0.1) is 11.6 Å². The van der Waals surface area contributed by atoms with Crippen LogP contribution in [-0.2, 0) is 18.9 Å². The van der Waals surface area contributed by atoms with Crippen LogP contribution in [0.3, 0.4) is 0 Å². The van der Waals surface area contributed by atoms with Crippen LogP contribution >= 0.6 is 11.6 Å². The number of ether oxygens (including phenoxy) is 4. The first-order chi connectivity index (χ1) is 16.1. The third-order valence-corrected chi connectivity index (χ3v) is 5.96. The normalized spacial score (nSPS) is 39.5. The number of carbonyl (C=O) groups is 1. The van der Waals surface area contributed by atoms with Crippen molar-refractivity contribution in [2.24, 2.45) is 0 Å². The Morgan fingerprint density at radius 1 is 1.00 bits per heavy atom. The smallest absolute Gasteiger partial charge is 0.319 e. The van der Waals surface area contributed by atoms with Gasteiger partial charge in [0, 0.05) is 19.5 Å². The molecular formula is C19H35ClN2O12. The lowest BCUT2D eigenvalue weighted by atomic mass is 9.96. The Labute approximate surface area is 201 Å². The number of rotatable bonds is 10. The first-order valence-corrected chi connectivity index (χ1v) is 11.4.